The van der Waals surface area contributed by atoms with Gasteiger partial charge in [0.1, 0.15) is 6.07 Å². The molecule has 0 bridgehead atoms. The molecule has 3 atom stereocenters. The second-order valence-electron chi connectivity index (χ2n) is 8.71. The molecule has 2 aromatic heterocycles. The predicted molar refractivity (Wildman–Crippen MR) is 119 cm³/mol. The van der Waals surface area contributed by atoms with Gasteiger partial charge in [0, 0.05) is 30.9 Å². The Labute approximate surface area is 182 Å². The summed E-state index contributed by atoms with van der Waals surface area (Å²) in [5.74, 6) is 1.34. The first-order valence-electron chi connectivity index (χ1n) is 10.6. The first kappa shape index (κ1) is 20.0. The number of pyridine rings is 1. The zero-order valence-electron chi connectivity index (χ0n) is 17.6. The number of aromatic nitrogens is 2. The van der Waals surface area contributed by atoms with Crippen molar-refractivity contribution in [2.24, 2.45) is 11.8 Å². The zero-order valence-corrected chi connectivity index (χ0v) is 18.4. The average Bonchev–Trinajstić information content (AvgIpc) is 3.47. The van der Waals surface area contributed by atoms with Crippen LogP contribution < -0.4 is 10.2 Å². The molecule has 5 rings (SSSR count). The summed E-state index contributed by atoms with van der Waals surface area (Å²) in [4.78, 5) is 6.76. The molecule has 1 aromatic carbocycles. The van der Waals surface area contributed by atoms with E-state index in [0.29, 0.717) is 34.5 Å². The highest BCUT2D eigenvalue weighted by atomic mass is 32.2. The summed E-state index contributed by atoms with van der Waals surface area (Å²) in [5, 5.41) is 13.9. The summed E-state index contributed by atoms with van der Waals surface area (Å²) in [5.41, 5.74) is 2.58. The number of rotatable bonds is 4. The first-order chi connectivity index (χ1) is 14.9. The molecule has 2 fully saturated rings. The molecule has 0 amide bonds. The van der Waals surface area contributed by atoms with Crippen LogP contribution in [0, 0.1) is 30.1 Å². The van der Waals surface area contributed by atoms with Gasteiger partial charge in [-0.2, -0.15) is 5.26 Å². The maximum atomic E-state index is 13.3. The van der Waals surface area contributed by atoms with Gasteiger partial charge in [-0.1, -0.05) is 17.7 Å². The van der Waals surface area contributed by atoms with Crippen molar-refractivity contribution in [2.45, 2.75) is 30.7 Å². The molecule has 1 aliphatic heterocycles. The molecule has 2 aliphatic rings. The third-order valence-corrected chi connectivity index (χ3v) is 8.56. The van der Waals surface area contributed by atoms with Crippen LogP contribution >= 0.6 is 0 Å². The van der Waals surface area contributed by atoms with Gasteiger partial charge in [0.25, 0.3) is 10.0 Å². The molecule has 0 spiro atoms. The molecular weight excluding hydrogens is 410 g/mol. The van der Waals surface area contributed by atoms with E-state index in [9.17, 15) is 13.7 Å². The molecule has 1 saturated heterocycles. The lowest BCUT2D eigenvalue weighted by Crippen LogP contribution is -2.32. The summed E-state index contributed by atoms with van der Waals surface area (Å²) < 4.78 is 27.8. The number of hydrogen-bond acceptors (Lipinski definition) is 6. The van der Waals surface area contributed by atoms with E-state index in [1.807, 2.05) is 14.0 Å². The van der Waals surface area contributed by atoms with Crippen LogP contribution in [0.2, 0.25) is 0 Å². The van der Waals surface area contributed by atoms with Gasteiger partial charge in [0.2, 0.25) is 0 Å². The van der Waals surface area contributed by atoms with Gasteiger partial charge >= 0.3 is 0 Å². The first-order valence-corrected chi connectivity index (χ1v) is 12.0. The topological polar surface area (TPSA) is 91.0 Å². The molecule has 0 unspecified atom stereocenters. The largest absolute Gasteiger partial charge is 0.370 e. The Balaban J connectivity index is 1.59. The van der Waals surface area contributed by atoms with Gasteiger partial charge in [0.15, 0.2) is 5.65 Å². The molecule has 3 aromatic rings. The van der Waals surface area contributed by atoms with Gasteiger partial charge in [-0.05, 0) is 62.9 Å². The third kappa shape index (κ3) is 3.20. The number of anilines is 1. The quantitative estimate of drug-likeness (QED) is 0.678. The fourth-order valence-electron chi connectivity index (χ4n) is 5.16. The van der Waals surface area contributed by atoms with Crippen LogP contribution in [0.5, 0.6) is 0 Å². The Kier molecular flexibility index (Phi) is 4.76. The van der Waals surface area contributed by atoms with Gasteiger partial charge in [-0.3, -0.25) is 0 Å². The van der Waals surface area contributed by atoms with Crippen molar-refractivity contribution in [1.29, 1.82) is 5.26 Å². The van der Waals surface area contributed by atoms with E-state index in [0.717, 1.165) is 37.2 Å². The average molecular weight is 436 g/mol. The van der Waals surface area contributed by atoms with Crippen molar-refractivity contribution < 1.29 is 8.42 Å². The minimum atomic E-state index is -3.79. The van der Waals surface area contributed by atoms with E-state index in [1.54, 1.807) is 36.5 Å². The van der Waals surface area contributed by atoms with Crippen molar-refractivity contribution in [3.8, 4) is 6.07 Å². The van der Waals surface area contributed by atoms with E-state index >= 15 is 0 Å². The SMILES string of the molecule is Cc1ccc(S(=O)(=O)n2ccc3c(N(C)[C@@H]4C[C@H]5CNC[C@H]5C4)c(C#N)cnc32)cc1. The summed E-state index contributed by atoms with van der Waals surface area (Å²) in [6.45, 7) is 4.02. The van der Waals surface area contributed by atoms with Crippen LogP contribution in [-0.4, -0.2) is 43.6 Å². The molecule has 1 N–H and O–H groups in total. The van der Waals surface area contributed by atoms with Crippen LogP contribution in [-0.2, 0) is 10.0 Å². The highest BCUT2D eigenvalue weighted by molar-refractivity contribution is 7.90. The number of nitriles is 1. The van der Waals surface area contributed by atoms with Gasteiger partial charge in [0.05, 0.1) is 16.1 Å². The van der Waals surface area contributed by atoms with E-state index in [2.05, 4.69) is 21.3 Å². The van der Waals surface area contributed by atoms with E-state index in [-0.39, 0.29) is 4.90 Å². The Hall–Kier alpha value is -2.89. The minimum Gasteiger partial charge on any atom is -0.370 e. The molecule has 160 valence electrons. The Bertz CT molecular complexity index is 1280. The summed E-state index contributed by atoms with van der Waals surface area (Å²) in [6, 6.07) is 11.1. The van der Waals surface area contributed by atoms with Gasteiger partial charge in [-0.25, -0.2) is 17.4 Å². The Morgan fingerprint density at radius 2 is 1.84 bits per heavy atom. The smallest absolute Gasteiger partial charge is 0.269 e. The number of hydrogen-bond donors (Lipinski definition) is 1. The fraction of sp³-hybridized carbons (Fsp3) is 0.391. The van der Waals surface area contributed by atoms with Gasteiger partial charge in [-0.15, -0.1) is 0 Å². The zero-order chi connectivity index (χ0) is 21.8. The van der Waals surface area contributed by atoms with E-state index in [4.69, 9.17) is 0 Å². The van der Waals surface area contributed by atoms with Crippen molar-refractivity contribution in [3.05, 3.63) is 53.9 Å². The molecule has 1 saturated carbocycles. The monoisotopic (exact) mass is 435 g/mol. The van der Waals surface area contributed by atoms with E-state index in [1.165, 1.54) is 10.2 Å². The summed E-state index contributed by atoms with van der Waals surface area (Å²) >= 11 is 0. The van der Waals surface area contributed by atoms with Crippen LogP contribution in [0.1, 0.15) is 24.0 Å². The number of nitrogens with one attached hydrogen (secondary N) is 1. The lowest BCUT2D eigenvalue weighted by molar-refractivity contribution is 0.494. The van der Waals surface area contributed by atoms with Crippen LogP contribution in [0.25, 0.3) is 11.0 Å². The van der Waals surface area contributed by atoms with Crippen LogP contribution in [0.3, 0.4) is 0 Å². The lowest BCUT2D eigenvalue weighted by Gasteiger charge is -2.29. The maximum absolute atomic E-state index is 13.3. The maximum Gasteiger partial charge on any atom is 0.269 e. The standard InChI is InChI=1S/C23H25N5O2S/c1-15-3-5-20(6-4-15)31(29,30)28-8-7-21-22(18(11-24)14-26-23(21)28)27(2)19-9-16-12-25-13-17(16)10-19/h3-8,14,16-17,19,25H,9-10,12-13H2,1-2H3/t16-,17+,19+. The molecule has 31 heavy (non-hydrogen) atoms. The van der Waals surface area contributed by atoms with Crippen molar-refractivity contribution in [1.82, 2.24) is 14.3 Å². The normalized spacial score (nSPS) is 23.1. The van der Waals surface area contributed by atoms with Crippen molar-refractivity contribution >= 4 is 26.7 Å². The lowest BCUT2D eigenvalue weighted by atomic mass is 10.0. The third-order valence-electron chi connectivity index (χ3n) is 6.88. The van der Waals surface area contributed by atoms with E-state index < -0.39 is 10.0 Å². The number of nitrogens with zero attached hydrogens (tertiary/aromatic N) is 4. The highest BCUT2D eigenvalue weighted by Crippen LogP contribution is 2.40. The Morgan fingerprint density at radius 1 is 1.16 bits per heavy atom. The second-order valence-corrected chi connectivity index (χ2v) is 10.5. The predicted octanol–water partition coefficient (Wildman–Crippen LogP) is 2.89. The summed E-state index contributed by atoms with van der Waals surface area (Å²) in [7, 11) is -1.77. The van der Waals surface area contributed by atoms with Crippen LogP contribution in [0.15, 0.2) is 47.6 Å². The molecule has 0 radical (unpaired) electrons. The Morgan fingerprint density at radius 3 is 2.48 bits per heavy atom. The van der Waals surface area contributed by atoms with Crippen molar-refractivity contribution in [2.75, 3.05) is 25.0 Å². The molecule has 1 aliphatic carbocycles. The summed E-state index contributed by atoms with van der Waals surface area (Å²) in [6.07, 6.45) is 5.18. The minimum absolute atomic E-state index is 0.216. The van der Waals surface area contributed by atoms with Crippen LogP contribution in [0.4, 0.5) is 5.69 Å². The van der Waals surface area contributed by atoms with Crippen molar-refractivity contribution in [3.63, 3.8) is 0 Å². The number of fused-ring (bicyclic) bond motifs is 2. The molecule has 7 nitrogen and oxygen atoms in total. The highest BCUT2D eigenvalue weighted by Gasteiger charge is 2.39. The molecule has 8 heteroatoms. The number of benzene rings is 1. The molecular formula is C23H25N5O2S. The number of aryl methyl sites for hydroxylation is 1. The second kappa shape index (κ2) is 7.36. The fourth-order valence-corrected chi connectivity index (χ4v) is 6.46. The van der Waals surface area contributed by atoms with Gasteiger partial charge < -0.3 is 10.2 Å². The molecule has 3 heterocycles.